The molecule has 0 bridgehead atoms. The van der Waals surface area contributed by atoms with E-state index in [0.29, 0.717) is 35.4 Å². The summed E-state index contributed by atoms with van der Waals surface area (Å²) in [6, 6.07) is 11.2. The maximum absolute atomic E-state index is 13.7. The Hall–Kier alpha value is -3.57. The van der Waals surface area contributed by atoms with Gasteiger partial charge in [-0.3, -0.25) is 4.90 Å². The predicted octanol–water partition coefficient (Wildman–Crippen LogP) is 7.47. The Kier molecular flexibility index (Phi) is 10.2. The monoisotopic (exact) mass is 698 g/mol. The second-order valence-electron chi connectivity index (χ2n) is 13.0. The number of nitrogens with one attached hydrogen (secondary N) is 2. The molecule has 2 N–H and O–H groups in total. The lowest BCUT2D eigenvalue weighted by Crippen LogP contribution is -2.53. The quantitative estimate of drug-likeness (QED) is 0.188. The molecule has 3 aromatic rings. The van der Waals surface area contributed by atoms with Crippen molar-refractivity contribution in [1.82, 2.24) is 9.47 Å². The van der Waals surface area contributed by atoms with Gasteiger partial charge in [-0.15, -0.1) is 0 Å². The van der Waals surface area contributed by atoms with Gasteiger partial charge in [0.1, 0.15) is 12.3 Å². The number of piperidine rings is 1. The largest absolute Gasteiger partial charge is 0.495 e. The molecule has 2 fully saturated rings. The minimum atomic E-state index is -4.48. The van der Waals surface area contributed by atoms with E-state index in [9.17, 15) is 34.8 Å². The van der Waals surface area contributed by atoms with E-state index in [2.05, 4.69) is 34.3 Å². The molecule has 1 saturated heterocycles. The number of anilines is 2. The van der Waals surface area contributed by atoms with Gasteiger partial charge in [0.15, 0.2) is 9.84 Å². The van der Waals surface area contributed by atoms with Gasteiger partial charge in [0.2, 0.25) is 0 Å². The van der Waals surface area contributed by atoms with Crippen LogP contribution in [0.1, 0.15) is 51.1 Å². The van der Waals surface area contributed by atoms with Crippen LogP contribution in [-0.2, 0) is 16.4 Å². The van der Waals surface area contributed by atoms with Gasteiger partial charge in [0.25, 0.3) is 0 Å². The number of hydrogen-bond donors (Lipinski definition) is 2. The van der Waals surface area contributed by atoms with Crippen LogP contribution in [0.2, 0.25) is 0 Å². The van der Waals surface area contributed by atoms with Gasteiger partial charge in [-0.1, -0.05) is 12.0 Å². The number of nitrogens with zero attached hydrogens (tertiary/aromatic N) is 2. The average molecular weight is 699 g/mol. The van der Waals surface area contributed by atoms with Crippen molar-refractivity contribution in [2.45, 2.75) is 80.8 Å². The Morgan fingerprint density at radius 3 is 2.27 bits per heavy atom. The van der Waals surface area contributed by atoms with Gasteiger partial charge >= 0.3 is 12.4 Å². The predicted molar refractivity (Wildman–Crippen MR) is 174 cm³/mol. The highest BCUT2D eigenvalue weighted by atomic mass is 32.2. The molecule has 1 aliphatic heterocycles. The number of sulfone groups is 1. The van der Waals surface area contributed by atoms with Crippen LogP contribution in [0, 0.1) is 17.8 Å². The van der Waals surface area contributed by atoms with Crippen LogP contribution in [0.3, 0.4) is 0 Å². The number of fused-ring (bicyclic) bond motifs is 1. The second-order valence-corrected chi connectivity index (χ2v) is 15.0. The first-order valence-electron chi connectivity index (χ1n) is 15.8. The van der Waals surface area contributed by atoms with Crippen LogP contribution in [0.5, 0.6) is 5.75 Å². The van der Waals surface area contributed by atoms with Gasteiger partial charge in [-0.25, -0.2) is 8.42 Å². The molecule has 1 saturated carbocycles. The smallest absolute Gasteiger partial charge is 0.406 e. The molecule has 2 aliphatic rings. The van der Waals surface area contributed by atoms with Gasteiger partial charge in [0.05, 0.1) is 41.4 Å². The summed E-state index contributed by atoms with van der Waals surface area (Å²) in [7, 11) is -2.05. The Balaban J connectivity index is 1.29. The van der Waals surface area contributed by atoms with Crippen LogP contribution in [0.25, 0.3) is 10.9 Å². The van der Waals surface area contributed by atoms with E-state index >= 15 is 0 Å². The first-order valence-corrected chi connectivity index (χ1v) is 17.7. The van der Waals surface area contributed by atoms with E-state index in [-0.39, 0.29) is 47.3 Å². The first-order chi connectivity index (χ1) is 22.5. The first kappa shape index (κ1) is 35.7. The van der Waals surface area contributed by atoms with E-state index < -0.39 is 34.7 Å². The fourth-order valence-corrected chi connectivity index (χ4v) is 7.49. The third kappa shape index (κ3) is 8.34. The summed E-state index contributed by atoms with van der Waals surface area (Å²) in [6.07, 6.45) is -4.15. The summed E-state index contributed by atoms with van der Waals surface area (Å²) in [6.45, 7) is 1.81. The lowest BCUT2D eigenvalue weighted by Gasteiger charge is -2.49. The zero-order chi connectivity index (χ0) is 34.9. The molecule has 262 valence electrons. The van der Waals surface area contributed by atoms with Gasteiger partial charge in [0, 0.05) is 35.0 Å². The van der Waals surface area contributed by atoms with Crippen molar-refractivity contribution < 1.29 is 39.5 Å². The SMILES string of the molecule is COc1cc(S(C)(=O)=O)ccc1NCC#Cc1cc2c(NC3CCC(C)(N4CCC(C(F)(F)F)CC4)CC3)cccc2n1CC(F)(F)F. The highest BCUT2D eigenvalue weighted by molar-refractivity contribution is 7.90. The number of benzene rings is 2. The van der Waals surface area contributed by atoms with Gasteiger partial charge in [-0.05, 0) is 94.8 Å². The number of methoxy groups -OCH3 is 1. The molecule has 2 heterocycles. The number of likely N-dealkylation sites (tertiary alicyclic amines) is 1. The molecule has 1 aliphatic carbocycles. The highest BCUT2D eigenvalue weighted by Crippen LogP contribution is 2.41. The summed E-state index contributed by atoms with van der Waals surface area (Å²) in [5.41, 5.74) is 1.57. The number of ether oxygens (including phenoxy) is 1. The maximum Gasteiger partial charge on any atom is 0.406 e. The molecule has 7 nitrogen and oxygen atoms in total. The molecule has 14 heteroatoms. The molecule has 5 rings (SSSR count). The van der Waals surface area contributed by atoms with E-state index in [4.69, 9.17) is 4.74 Å². The molecule has 0 atom stereocenters. The standard InChI is InChI=1S/C34H40F6N4O3S/c1-32(43-18-13-23(14-19-43)34(38,39)40)15-11-24(12-16-32)42-28-7-4-8-30-27(28)20-25(44(30)22-33(35,36)37)6-5-17-41-29-10-9-26(48(3,45)46)21-31(29)47-2/h4,7-10,20-21,23-24,41-42H,11-19,22H2,1-3H3. The molecular weight excluding hydrogens is 658 g/mol. The number of alkyl halides is 6. The van der Waals surface area contributed by atoms with Crippen molar-refractivity contribution in [2.24, 2.45) is 5.92 Å². The van der Waals surface area contributed by atoms with Crippen LogP contribution >= 0.6 is 0 Å². The summed E-state index contributed by atoms with van der Waals surface area (Å²) >= 11 is 0. The van der Waals surface area contributed by atoms with E-state index in [1.165, 1.54) is 19.2 Å². The second kappa shape index (κ2) is 13.7. The van der Waals surface area contributed by atoms with E-state index in [1.54, 1.807) is 24.3 Å². The Labute approximate surface area is 276 Å². The molecule has 2 aromatic carbocycles. The molecule has 0 radical (unpaired) electrons. The molecule has 0 amide bonds. The molecule has 0 unspecified atom stereocenters. The van der Waals surface area contributed by atoms with Crippen molar-refractivity contribution in [3.8, 4) is 17.6 Å². The molecule has 48 heavy (non-hydrogen) atoms. The summed E-state index contributed by atoms with van der Waals surface area (Å²) < 4.78 is 111. The van der Waals surface area contributed by atoms with Gasteiger partial charge in [-0.2, -0.15) is 26.3 Å². The Morgan fingerprint density at radius 1 is 0.979 bits per heavy atom. The minimum Gasteiger partial charge on any atom is -0.495 e. The fourth-order valence-electron chi connectivity index (χ4n) is 6.85. The average Bonchev–Trinajstić information content (AvgIpc) is 3.36. The van der Waals surface area contributed by atoms with Crippen molar-refractivity contribution in [2.75, 3.05) is 43.6 Å². The van der Waals surface area contributed by atoms with E-state index in [0.717, 1.165) is 36.5 Å². The van der Waals surface area contributed by atoms with Crippen molar-refractivity contribution in [1.29, 1.82) is 0 Å². The maximum atomic E-state index is 13.7. The summed E-state index contributed by atoms with van der Waals surface area (Å²) in [5.74, 6) is 4.79. The topological polar surface area (TPSA) is 75.6 Å². The zero-order valence-electron chi connectivity index (χ0n) is 27.1. The Bertz CT molecular complexity index is 1780. The molecular formula is C34H40F6N4O3S. The lowest BCUT2D eigenvalue weighted by molar-refractivity contribution is -0.188. The fraction of sp³-hybridized carbons (Fsp3) is 0.529. The van der Waals surface area contributed by atoms with Gasteiger partial charge < -0.3 is 19.9 Å². The number of aromatic nitrogens is 1. The van der Waals surface area contributed by atoms with Crippen LogP contribution in [-0.4, -0.2) is 74.8 Å². The minimum absolute atomic E-state index is 0.0575. The summed E-state index contributed by atoms with van der Waals surface area (Å²) in [5, 5.41) is 7.17. The van der Waals surface area contributed by atoms with Crippen LogP contribution in [0.4, 0.5) is 37.7 Å². The molecule has 0 spiro atoms. The van der Waals surface area contributed by atoms with Crippen molar-refractivity contribution in [3.63, 3.8) is 0 Å². The van der Waals surface area contributed by atoms with Crippen LogP contribution < -0.4 is 15.4 Å². The van der Waals surface area contributed by atoms with Crippen molar-refractivity contribution in [3.05, 3.63) is 48.2 Å². The third-order valence-electron chi connectivity index (χ3n) is 9.61. The normalized spacial score (nSPS) is 21.5. The number of hydrogen-bond acceptors (Lipinski definition) is 6. The van der Waals surface area contributed by atoms with Crippen LogP contribution in [0.15, 0.2) is 47.4 Å². The number of rotatable bonds is 8. The number of halogens is 6. The van der Waals surface area contributed by atoms with E-state index in [1.807, 2.05) is 6.07 Å². The zero-order valence-corrected chi connectivity index (χ0v) is 27.9. The lowest BCUT2D eigenvalue weighted by atomic mass is 9.78. The summed E-state index contributed by atoms with van der Waals surface area (Å²) in [4.78, 5) is 2.29. The molecule has 1 aromatic heterocycles. The highest BCUT2D eigenvalue weighted by Gasteiger charge is 2.45. The Morgan fingerprint density at radius 2 is 1.67 bits per heavy atom. The third-order valence-corrected chi connectivity index (χ3v) is 10.7. The van der Waals surface area contributed by atoms with Crippen molar-refractivity contribution >= 4 is 32.1 Å².